The van der Waals surface area contributed by atoms with E-state index in [-0.39, 0.29) is 23.7 Å². The summed E-state index contributed by atoms with van der Waals surface area (Å²) in [7, 11) is 1.39. The molecule has 0 saturated carbocycles. The quantitative estimate of drug-likeness (QED) is 0.745. The summed E-state index contributed by atoms with van der Waals surface area (Å²) in [6, 6.07) is 12.4. The maximum Gasteiger partial charge on any atom is 0.293 e. The van der Waals surface area contributed by atoms with Crippen molar-refractivity contribution in [3.63, 3.8) is 0 Å². The molecule has 0 bridgehead atoms. The molecule has 0 aliphatic heterocycles. The Labute approximate surface area is 142 Å². The molecule has 2 amide bonds. The summed E-state index contributed by atoms with van der Waals surface area (Å²) in [5, 5.41) is 5.75. The molecule has 0 atom stereocenters. The Kier molecular flexibility index (Phi) is 4.76. The van der Waals surface area contributed by atoms with Gasteiger partial charge in [-0.15, -0.1) is 0 Å². The number of anilines is 2. The van der Waals surface area contributed by atoms with Gasteiger partial charge in [0, 0.05) is 18.2 Å². The second kappa shape index (κ2) is 7.14. The number of rotatable bonds is 5. The van der Waals surface area contributed by atoms with Gasteiger partial charge in [0.1, 0.15) is 23.7 Å². The molecule has 1 aromatic heterocycles. The molecule has 0 aliphatic carbocycles. The number of carbonyl (C=O) groups is 2. The van der Waals surface area contributed by atoms with Gasteiger partial charge in [0.15, 0.2) is 0 Å². The highest BCUT2D eigenvalue weighted by atomic mass is 19.1. The van der Waals surface area contributed by atoms with Crippen molar-refractivity contribution in [3.8, 4) is 0 Å². The summed E-state index contributed by atoms with van der Waals surface area (Å²) < 4.78 is 23.6. The fourth-order valence-corrected chi connectivity index (χ4v) is 2.39. The van der Waals surface area contributed by atoms with E-state index in [4.69, 9.17) is 9.15 Å². The molecule has 1 heterocycles. The van der Waals surface area contributed by atoms with Gasteiger partial charge >= 0.3 is 0 Å². The number of hydrogen-bond donors (Lipinski definition) is 2. The monoisotopic (exact) mass is 342 g/mol. The van der Waals surface area contributed by atoms with E-state index in [0.717, 1.165) is 0 Å². The molecule has 2 aromatic carbocycles. The SMILES string of the molecule is COCC(=O)Nc1c(C(=O)Nc2cccc(F)c2)oc2ccccc12. The highest BCUT2D eigenvalue weighted by Gasteiger charge is 2.22. The van der Waals surface area contributed by atoms with E-state index in [1.165, 1.54) is 25.3 Å². The summed E-state index contributed by atoms with van der Waals surface area (Å²) in [6.45, 7) is -0.162. The van der Waals surface area contributed by atoms with Crippen LogP contribution in [0.5, 0.6) is 0 Å². The fraction of sp³-hybridized carbons (Fsp3) is 0.111. The molecule has 0 radical (unpaired) electrons. The van der Waals surface area contributed by atoms with Gasteiger partial charge in [-0.25, -0.2) is 4.39 Å². The molecular weight excluding hydrogens is 327 g/mol. The third-order valence-electron chi connectivity index (χ3n) is 3.42. The smallest absolute Gasteiger partial charge is 0.293 e. The minimum Gasteiger partial charge on any atom is -0.449 e. The lowest BCUT2D eigenvalue weighted by Crippen LogP contribution is -2.20. The number of furan rings is 1. The first-order valence-corrected chi connectivity index (χ1v) is 7.45. The molecule has 128 valence electrons. The molecule has 0 aliphatic rings. The van der Waals surface area contributed by atoms with E-state index in [9.17, 15) is 14.0 Å². The van der Waals surface area contributed by atoms with Crippen molar-refractivity contribution in [3.05, 3.63) is 60.1 Å². The van der Waals surface area contributed by atoms with E-state index < -0.39 is 17.6 Å². The van der Waals surface area contributed by atoms with Crippen molar-refractivity contribution in [2.75, 3.05) is 24.4 Å². The lowest BCUT2D eigenvalue weighted by molar-refractivity contribution is -0.119. The molecule has 0 fully saturated rings. The second-order valence-electron chi connectivity index (χ2n) is 5.25. The standard InChI is InChI=1S/C18H15FN2O4/c1-24-10-15(22)21-16-13-7-2-3-8-14(13)25-17(16)18(23)20-12-6-4-5-11(19)9-12/h2-9H,10H2,1H3,(H,20,23)(H,21,22). The Morgan fingerprint density at radius 1 is 1.12 bits per heavy atom. The summed E-state index contributed by atoms with van der Waals surface area (Å²) in [6.07, 6.45) is 0. The van der Waals surface area contributed by atoms with Crippen LogP contribution in [0.4, 0.5) is 15.8 Å². The molecule has 0 spiro atoms. The summed E-state index contributed by atoms with van der Waals surface area (Å²) >= 11 is 0. The first-order valence-electron chi connectivity index (χ1n) is 7.45. The Hall–Kier alpha value is -3.19. The second-order valence-corrected chi connectivity index (χ2v) is 5.25. The number of ether oxygens (including phenoxy) is 1. The van der Waals surface area contributed by atoms with Crippen molar-refractivity contribution in [2.45, 2.75) is 0 Å². The number of nitrogens with one attached hydrogen (secondary N) is 2. The number of methoxy groups -OCH3 is 1. The van der Waals surface area contributed by atoms with E-state index in [1.54, 1.807) is 30.3 Å². The fourth-order valence-electron chi connectivity index (χ4n) is 2.39. The van der Waals surface area contributed by atoms with E-state index in [2.05, 4.69) is 10.6 Å². The lowest BCUT2D eigenvalue weighted by atomic mass is 10.2. The molecule has 0 unspecified atom stereocenters. The zero-order chi connectivity index (χ0) is 17.8. The lowest BCUT2D eigenvalue weighted by Gasteiger charge is -2.07. The van der Waals surface area contributed by atoms with Gasteiger partial charge in [0.2, 0.25) is 11.7 Å². The molecule has 0 saturated heterocycles. The zero-order valence-electron chi connectivity index (χ0n) is 13.3. The third kappa shape index (κ3) is 3.67. The van der Waals surface area contributed by atoms with Gasteiger partial charge in [-0.05, 0) is 30.3 Å². The highest BCUT2D eigenvalue weighted by molar-refractivity contribution is 6.14. The molecule has 7 heteroatoms. The number of carbonyl (C=O) groups excluding carboxylic acids is 2. The number of hydrogen-bond acceptors (Lipinski definition) is 4. The van der Waals surface area contributed by atoms with Crippen molar-refractivity contribution in [2.24, 2.45) is 0 Å². The number of benzene rings is 2. The van der Waals surface area contributed by atoms with E-state index in [1.807, 2.05) is 0 Å². The van der Waals surface area contributed by atoms with Crippen LogP contribution in [0.15, 0.2) is 52.9 Å². The average Bonchev–Trinajstić information content (AvgIpc) is 2.94. The largest absolute Gasteiger partial charge is 0.449 e. The summed E-state index contributed by atoms with van der Waals surface area (Å²) in [4.78, 5) is 24.4. The average molecular weight is 342 g/mol. The molecule has 3 aromatic rings. The number of amides is 2. The molecule has 25 heavy (non-hydrogen) atoms. The van der Waals surface area contributed by atoms with Gasteiger partial charge in [0.05, 0.1) is 0 Å². The summed E-state index contributed by atoms with van der Waals surface area (Å²) in [5.74, 6) is -1.57. The maximum absolute atomic E-state index is 13.3. The summed E-state index contributed by atoms with van der Waals surface area (Å²) in [5.41, 5.74) is 0.964. The van der Waals surface area contributed by atoms with Crippen LogP contribution in [0.3, 0.4) is 0 Å². The van der Waals surface area contributed by atoms with Crippen LogP contribution in [-0.2, 0) is 9.53 Å². The van der Waals surface area contributed by atoms with Gasteiger partial charge in [-0.3, -0.25) is 9.59 Å². The normalized spacial score (nSPS) is 10.6. The first kappa shape index (κ1) is 16.7. The number of fused-ring (bicyclic) bond motifs is 1. The van der Waals surface area contributed by atoms with Gasteiger partial charge in [0.25, 0.3) is 5.91 Å². The molecular formula is C18H15FN2O4. The van der Waals surface area contributed by atoms with Crippen LogP contribution in [0.1, 0.15) is 10.6 Å². The van der Waals surface area contributed by atoms with Crippen LogP contribution in [-0.4, -0.2) is 25.5 Å². The van der Waals surface area contributed by atoms with Gasteiger partial charge in [-0.1, -0.05) is 18.2 Å². The van der Waals surface area contributed by atoms with Gasteiger partial charge in [-0.2, -0.15) is 0 Å². The predicted molar refractivity (Wildman–Crippen MR) is 91.1 cm³/mol. The van der Waals surface area contributed by atoms with E-state index >= 15 is 0 Å². The predicted octanol–water partition coefficient (Wildman–Crippen LogP) is 3.41. The first-order chi connectivity index (χ1) is 12.1. The topological polar surface area (TPSA) is 80.6 Å². The van der Waals surface area contributed by atoms with Crippen LogP contribution < -0.4 is 10.6 Å². The van der Waals surface area contributed by atoms with Crippen molar-refractivity contribution < 1.29 is 23.1 Å². The Bertz CT molecular complexity index is 936. The number of halogens is 1. The van der Waals surface area contributed by atoms with Crippen LogP contribution >= 0.6 is 0 Å². The van der Waals surface area contributed by atoms with Crippen molar-refractivity contribution >= 4 is 34.2 Å². The Morgan fingerprint density at radius 2 is 1.92 bits per heavy atom. The molecule has 3 rings (SSSR count). The molecule has 6 nitrogen and oxygen atoms in total. The van der Waals surface area contributed by atoms with Crippen LogP contribution in [0, 0.1) is 5.82 Å². The third-order valence-corrected chi connectivity index (χ3v) is 3.42. The highest BCUT2D eigenvalue weighted by Crippen LogP contribution is 2.31. The minimum atomic E-state index is -0.602. The Balaban J connectivity index is 1.96. The van der Waals surface area contributed by atoms with Crippen LogP contribution in [0.2, 0.25) is 0 Å². The number of para-hydroxylation sites is 1. The van der Waals surface area contributed by atoms with Crippen LogP contribution in [0.25, 0.3) is 11.0 Å². The maximum atomic E-state index is 13.3. The van der Waals surface area contributed by atoms with Crippen molar-refractivity contribution in [1.29, 1.82) is 0 Å². The van der Waals surface area contributed by atoms with Crippen molar-refractivity contribution in [1.82, 2.24) is 0 Å². The Morgan fingerprint density at radius 3 is 2.68 bits per heavy atom. The molecule has 2 N–H and O–H groups in total. The van der Waals surface area contributed by atoms with E-state index in [0.29, 0.717) is 11.0 Å². The zero-order valence-corrected chi connectivity index (χ0v) is 13.3. The van der Waals surface area contributed by atoms with Gasteiger partial charge < -0.3 is 19.8 Å². The minimum absolute atomic E-state index is 0.0742.